The highest BCUT2D eigenvalue weighted by Crippen LogP contribution is 2.31. The van der Waals surface area contributed by atoms with Crippen molar-refractivity contribution in [3.05, 3.63) is 100 Å². The number of thiazole rings is 1. The van der Waals surface area contributed by atoms with Crippen molar-refractivity contribution in [3.63, 3.8) is 0 Å². The molecule has 3 heterocycles. The summed E-state index contributed by atoms with van der Waals surface area (Å²) in [7, 11) is 0. The molecule has 0 saturated heterocycles. The molecule has 1 aliphatic rings. The van der Waals surface area contributed by atoms with Crippen LogP contribution in [-0.2, 0) is 19.4 Å². The van der Waals surface area contributed by atoms with Crippen molar-refractivity contribution < 1.29 is 0 Å². The first-order chi connectivity index (χ1) is 14.3. The van der Waals surface area contributed by atoms with E-state index in [0.717, 1.165) is 36.8 Å². The van der Waals surface area contributed by atoms with Crippen LogP contribution in [0.2, 0.25) is 0 Å². The minimum absolute atomic E-state index is 0.712. The molecule has 29 heavy (non-hydrogen) atoms. The molecule has 0 radical (unpaired) electrons. The Bertz CT molecular complexity index is 1170. The van der Waals surface area contributed by atoms with E-state index >= 15 is 0 Å². The van der Waals surface area contributed by atoms with Gasteiger partial charge in [0.05, 0.1) is 12.3 Å². The summed E-state index contributed by atoms with van der Waals surface area (Å²) in [5.74, 6) is 0. The van der Waals surface area contributed by atoms with Crippen molar-refractivity contribution in [2.24, 2.45) is 0 Å². The summed E-state index contributed by atoms with van der Waals surface area (Å²) in [6.07, 6.45) is 7.60. The van der Waals surface area contributed by atoms with Crippen molar-refractivity contribution in [2.45, 2.75) is 19.4 Å². The van der Waals surface area contributed by atoms with Crippen molar-refractivity contribution >= 4 is 22.2 Å². The van der Waals surface area contributed by atoms with E-state index in [2.05, 4.69) is 50.2 Å². The number of anilines is 1. The monoisotopic (exact) mass is 397 g/mol. The molecule has 5 rings (SSSR count). The summed E-state index contributed by atoms with van der Waals surface area (Å²) in [5, 5.41) is 5.33. The fraction of sp³-hybridized carbons (Fsp3) is 0.174. The van der Waals surface area contributed by atoms with E-state index in [1.807, 2.05) is 35.3 Å². The highest BCUT2D eigenvalue weighted by Gasteiger charge is 2.19. The van der Waals surface area contributed by atoms with Gasteiger partial charge in [-0.2, -0.15) is 5.10 Å². The van der Waals surface area contributed by atoms with E-state index in [4.69, 9.17) is 6.57 Å². The first-order valence-electron chi connectivity index (χ1n) is 9.56. The fourth-order valence-corrected chi connectivity index (χ4v) is 4.66. The topological polar surface area (TPSA) is 38.3 Å². The summed E-state index contributed by atoms with van der Waals surface area (Å²) in [6, 6.07) is 16.5. The third-order valence-electron chi connectivity index (χ3n) is 5.23. The van der Waals surface area contributed by atoms with E-state index in [0.29, 0.717) is 5.69 Å². The smallest absolute Gasteiger partial charge is 0.187 e. The molecule has 4 aromatic rings. The Morgan fingerprint density at radius 1 is 1.10 bits per heavy atom. The van der Waals surface area contributed by atoms with Crippen LogP contribution >= 0.6 is 11.3 Å². The number of fused-ring (bicyclic) bond motifs is 1. The molecule has 0 saturated carbocycles. The average molecular weight is 398 g/mol. The van der Waals surface area contributed by atoms with Gasteiger partial charge in [0.1, 0.15) is 0 Å². The van der Waals surface area contributed by atoms with Crippen LogP contribution in [0.5, 0.6) is 0 Å². The molecule has 0 bridgehead atoms. The van der Waals surface area contributed by atoms with Crippen LogP contribution in [0.3, 0.4) is 0 Å². The molecule has 2 aromatic heterocycles. The zero-order chi connectivity index (χ0) is 19.6. The van der Waals surface area contributed by atoms with Gasteiger partial charge in [-0.25, -0.2) is 14.5 Å². The molecule has 0 spiro atoms. The number of aromatic nitrogens is 3. The van der Waals surface area contributed by atoms with Crippen LogP contribution in [-0.4, -0.2) is 21.3 Å². The van der Waals surface area contributed by atoms with Gasteiger partial charge in [0, 0.05) is 43.0 Å². The minimum Gasteiger partial charge on any atom is -0.343 e. The Balaban J connectivity index is 1.29. The molecule has 0 N–H and O–H groups in total. The second-order valence-electron chi connectivity index (χ2n) is 7.14. The normalized spacial score (nSPS) is 13.1. The van der Waals surface area contributed by atoms with Crippen molar-refractivity contribution in [3.8, 4) is 5.69 Å². The lowest BCUT2D eigenvalue weighted by Gasteiger charge is -2.28. The summed E-state index contributed by atoms with van der Waals surface area (Å²) in [4.78, 5) is 11.8. The Morgan fingerprint density at radius 2 is 2.00 bits per heavy atom. The number of benzene rings is 2. The molecule has 1 aliphatic heterocycles. The molecule has 142 valence electrons. The van der Waals surface area contributed by atoms with E-state index in [-0.39, 0.29) is 0 Å². The first-order valence-corrected chi connectivity index (χ1v) is 10.4. The number of hydrogen-bond acceptors (Lipinski definition) is 4. The standard InChI is InChI=1S/C23H19N5S/c1-24-20-6-5-18-9-12-27(16-19(18)14-20)23-25-15-22(29-23)13-17-3-7-21(8-4-17)28-11-2-10-26-28/h2-8,10-11,14-15H,9,12-13,16H2. The Labute approximate surface area is 173 Å². The molecule has 0 aliphatic carbocycles. The highest BCUT2D eigenvalue weighted by atomic mass is 32.1. The summed E-state index contributed by atoms with van der Waals surface area (Å²) in [5.41, 5.74) is 5.64. The number of rotatable bonds is 4. The maximum Gasteiger partial charge on any atom is 0.187 e. The van der Waals surface area contributed by atoms with Crippen LogP contribution in [0.4, 0.5) is 10.8 Å². The average Bonchev–Trinajstić information content (AvgIpc) is 3.46. The van der Waals surface area contributed by atoms with E-state index in [9.17, 15) is 0 Å². The predicted molar refractivity (Wildman–Crippen MR) is 116 cm³/mol. The quantitative estimate of drug-likeness (QED) is 0.453. The minimum atomic E-state index is 0.712. The second kappa shape index (κ2) is 7.53. The largest absolute Gasteiger partial charge is 0.343 e. The van der Waals surface area contributed by atoms with E-state index < -0.39 is 0 Å². The van der Waals surface area contributed by atoms with Gasteiger partial charge in [-0.3, -0.25) is 0 Å². The molecule has 0 unspecified atom stereocenters. The van der Waals surface area contributed by atoms with Gasteiger partial charge in [-0.15, -0.1) is 11.3 Å². The van der Waals surface area contributed by atoms with Crippen LogP contribution < -0.4 is 4.90 Å². The van der Waals surface area contributed by atoms with Gasteiger partial charge in [0.25, 0.3) is 0 Å². The zero-order valence-electron chi connectivity index (χ0n) is 15.8. The van der Waals surface area contributed by atoms with Crippen LogP contribution in [0, 0.1) is 6.57 Å². The molecular weight excluding hydrogens is 378 g/mol. The van der Waals surface area contributed by atoms with Crippen LogP contribution in [0.15, 0.2) is 67.1 Å². The zero-order valence-corrected chi connectivity index (χ0v) is 16.6. The van der Waals surface area contributed by atoms with Gasteiger partial charge in [0.15, 0.2) is 10.8 Å². The molecule has 2 aromatic carbocycles. The first kappa shape index (κ1) is 17.7. The molecule has 6 heteroatoms. The van der Waals surface area contributed by atoms with Gasteiger partial charge >= 0.3 is 0 Å². The SMILES string of the molecule is [C-]#[N+]c1ccc2c(c1)CN(c1ncc(Cc3ccc(-n4cccn4)cc3)s1)CC2. The Morgan fingerprint density at radius 3 is 2.79 bits per heavy atom. The molecular formula is C23H19N5S. The number of nitrogens with zero attached hydrogens (tertiary/aromatic N) is 5. The summed E-state index contributed by atoms with van der Waals surface area (Å²) < 4.78 is 1.86. The molecule has 0 atom stereocenters. The van der Waals surface area contributed by atoms with E-state index in [1.165, 1.54) is 21.6 Å². The maximum atomic E-state index is 7.24. The van der Waals surface area contributed by atoms with Gasteiger partial charge < -0.3 is 4.90 Å². The van der Waals surface area contributed by atoms with Crippen LogP contribution in [0.1, 0.15) is 21.6 Å². The van der Waals surface area contributed by atoms with Gasteiger partial charge in [-0.05, 0) is 41.3 Å². The lowest BCUT2D eigenvalue weighted by molar-refractivity contribution is 0.729. The fourth-order valence-electron chi connectivity index (χ4n) is 3.69. The third-order valence-corrected chi connectivity index (χ3v) is 6.28. The van der Waals surface area contributed by atoms with Crippen LogP contribution in [0.25, 0.3) is 10.5 Å². The molecule has 5 nitrogen and oxygen atoms in total. The van der Waals surface area contributed by atoms with Crippen molar-refractivity contribution in [1.29, 1.82) is 0 Å². The van der Waals surface area contributed by atoms with E-state index in [1.54, 1.807) is 17.5 Å². The Hall–Kier alpha value is -3.43. The highest BCUT2D eigenvalue weighted by molar-refractivity contribution is 7.15. The third kappa shape index (κ3) is 3.65. The molecule has 0 fully saturated rings. The molecule has 0 amide bonds. The lowest BCUT2D eigenvalue weighted by Crippen LogP contribution is -2.30. The maximum absolute atomic E-state index is 7.24. The predicted octanol–water partition coefficient (Wildman–Crippen LogP) is 5.03. The number of hydrogen-bond donors (Lipinski definition) is 0. The van der Waals surface area contributed by atoms with Gasteiger partial charge in [-0.1, -0.05) is 30.3 Å². The second-order valence-corrected chi connectivity index (χ2v) is 8.23. The summed E-state index contributed by atoms with van der Waals surface area (Å²) in [6.45, 7) is 9.03. The lowest BCUT2D eigenvalue weighted by atomic mass is 9.99. The summed E-state index contributed by atoms with van der Waals surface area (Å²) >= 11 is 1.76. The van der Waals surface area contributed by atoms with Crippen molar-refractivity contribution in [2.75, 3.05) is 11.4 Å². The van der Waals surface area contributed by atoms with Crippen molar-refractivity contribution in [1.82, 2.24) is 14.8 Å². The van der Waals surface area contributed by atoms with Gasteiger partial charge in [0.2, 0.25) is 0 Å². The Kier molecular flexibility index (Phi) is 4.59.